The largest absolute Gasteiger partial charge is 0.364 e. The van der Waals surface area contributed by atoms with Gasteiger partial charge in [-0.2, -0.15) is 0 Å². The van der Waals surface area contributed by atoms with Crippen molar-refractivity contribution in [3.63, 3.8) is 0 Å². The Kier molecular flexibility index (Phi) is 7.51. The summed E-state index contributed by atoms with van der Waals surface area (Å²) in [4.78, 5) is 2.52. The highest BCUT2D eigenvalue weighted by atomic mass is 79.9. The van der Waals surface area contributed by atoms with Gasteiger partial charge >= 0.3 is 0 Å². The Balaban J connectivity index is 0.000000188. The van der Waals surface area contributed by atoms with Crippen LogP contribution in [0.5, 0.6) is 0 Å². The first-order valence-electron chi connectivity index (χ1n) is 10.4. The number of nitrogens with zero attached hydrogens (tertiary/aromatic N) is 1. The zero-order chi connectivity index (χ0) is 20.8. The third-order valence-electron chi connectivity index (χ3n) is 5.79. The molecular weight excluding hydrogens is 420 g/mol. The van der Waals surface area contributed by atoms with E-state index < -0.39 is 0 Å². The van der Waals surface area contributed by atoms with Crippen LogP contribution in [0, 0.1) is 0 Å². The van der Waals surface area contributed by atoms with E-state index in [2.05, 4.69) is 102 Å². The molecule has 0 amide bonds. The molecule has 0 saturated carbocycles. The van der Waals surface area contributed by atoms with Crippen molar-refractivity contribution in [2.75, 3.05) is 18.0 Å². The quantitative estimate of drug-likeness (QED) is 0.468. The van der Waals surface area contributed by atoms with Crippen LogP contribution in [-0.2, 0) is 0 Å². The summed E-state index contributed by atoms with van der Waals surface area (Å²) in [5, 5.41) is 0. The molecule has 3 unspecified atom stereocenters. The molecule has 3 heteroatoms. The number of nitrogens with two attached hydrogens (primary N) is 1. The molecule has 1 aliphatic rings. The zero-order valence-electron chi connectivity index (χ0n) is 17.6. The van der Waals surface area contributed by atoms with Gasteiger partial charge in [0.25, 0.3) is 0 Å². The van der Waals surface area contributed by atoms with E-state index in [0.717, 1.165) is 11.0 Å². The second-order valence-electron chi connectivity index (χ2n) is 7.86. The zero-order valence-corrected chi connectivity index (χ0v) is 19.1. The summed E-state index contributed by atoms with van der Waals surface area (Å²) < 4.78 is 1.15. The predicted molar refractivity (Wildman–Crippen MR) is 129 cm³/mol. The molecule has 29 heavy (non-hydrogen) atoms. The van der Waals surface area contributed by atoms with E-state index in [1.165, 1.54) is 22.4 Å². The van der Waals surface area contributed by atoms with E-state index in [1.54, 1.807) is 0 Å². The lowest BCUT2D eigenvalue weighted by molar-refractivity contribution is 0.659. The summed E-state index contributed by atoms with van der Waals surface area (Å²) >= 11 is 3.48. The van der Waals surface area contributed by atoms with Crippen molar-refractivity contribution >= 4 is 21.6 Å². The van der Waals surface area contributed by atoms with Gasteiger partial charge in [-0.25, -0.2) is 0 Å². The maximum absolute atomic E-state index is 5.55. The van der Waals surface area contributed by atoms with Crippen LogP contribution in [0.15, 0.2) is 83.3 Å². The molecule has 0 bridgehead atoms. The number of hydrogen-bond acceptors (Lipinski definition) is 2. The lowest BCUT2D eigenvalue weighted by Crippen LogP contribution is -2.25. The molecule has 3 aromatic rings. The van der Waals surface area contributed by atoms with Crippen LogP contribution >= 0.6 is 15.9 Å². The molecule has 4 rings (SSSR count). The number of benzene rings is 3. The van der Waals surface area contributed by atoms with E-state index in [1.807, 2.05) is 18.2 Å². The van der Waals surface area contributed by atoms with E-state index in [4.69, 9.17) is 5.73 Å². The van der Waals surface area contributed by atoms with Crippen molar-refractivity contribution in [3.05, 3.63) is 100 Å². The van der Waals surface area contributed by atoms with Gasteiger partial charge in [-0.3, -0.25) is 0 Å². The molecule has 0 radical (unpaired) electrons. The Morgan fingerprint density at radius 1 is 0.931 bits per heavy atom. The molecule has 0 aliphatic carbocycles. The van der Waals surface area contributed by atoms with Crippen LogP contribution in [0.25, 0.3) is 0 Å². The fourth-order valence-electron chi connectivity index (χ4n) is 3.94. The maximum atomic E-state index is 5.55. The SMILES string of the molecule is CC(CN)c1ccccc1Br.CC1CN(C(C)c2ccccc2)c2ccccc21. The molecule has 3 aromatic carbocycles. The first-order chi connectivity index (χ1) is 14.0. The number of para-hydroxylation sites is 1. The van der Waals surface area contributed by atoms with Crippen molar-refractivity contribution in [1.29, 1.82) is 0 Å². The van der Waals surface area contributed by atoms with Gasteiger partial charge in [0.05, 0.1) is 6.04 Å². The second-order valence-corrected chi connectivity index (χ2v) is 8.71. The fourth-order valence-corrected chi connectivity index (χ4v) is 4.61. The van der Waals surface area contributed by atoms with Crippen LogP contribution in [0.2, 0.25) is 0 Å². The van der Waals surface area contributed by atoms with Crippen LogP contribution in [0.1, 0.15) is 55.3 Å². The molecule has 3 atom stereocenters. The Morgan fingerprint density at radius 2 is 1.55 bits per heavy atom. The van der Waals surface area contributed by atoms with Gasteiger partial charge in [-0.1, -0.05) is 96.5 Å². The van der Waals surface area contributed by atoms with Crippen molar-refractivity contribution < 1.29 is 0 Å². The average molecular weight is 451 g/mol. The van der Waals surface area contributed by atoms with Gasteiger partial charge in [-0.15, -0.1) is 0 Å². The van der Waals surface area contributed by atoms with Crippen molar-refractivity contribution in [1.82, 2.24) is 0 Å². The van der Waals surface area contributed by atoms with E-state index in [-0.39, 0.29) is 0 Å². The highest BCUT2D eigenvalue weighted by molar-refractivity contribution is 9.10. The molecule has 2 N–H and O–H groups in total. The maximum Gasteiger partial charge on any atom is 0.0514 e. The van der Waals surface area contributed by atoms with Gasteiger partial charge in [0, 0.05) is 22.6 Å². The van der Waals surface area contributed by atoms with Crippen molar-refractivity contribution in [2.45, 2.75) is 38.6 Å². The average Bonchev–Trinajstić information content (AvgIpc) is 3.11. The van der Waals surface area contributed by atoms with Crippen LogP contribution < -0.4 is 10.6 Å². The number of rotatable bonds is 4. The smallest absolute Gasteiger partial charge is 0.0514 e. The van der Waals surface area contributed by atoms with Crippen molar-refractivity contribution in [2.24, 2.45) is 5.73 Å². The Bertz CT molecular complexity index is 909. The lowest BCUT2D eigenvalue weighted by Gasteiger charge is -2.28. The molecule has 0 fully saturated rings. The molecule has 0 spiro atoms. The van der Waals surface area contributed by atoms with Gasteiger partial charge in [0.2, 0.25) is 0 Å². The standard InChI is InChI=1S/C17H19N.C9H12BrN/c1-13-12-18(17-11-7-6-10-16(13)17)14(2)15-8-4-3-5-9-15;1-7(6-11)8-4-2-3-5-9(8)10/h3-11,13-14H,12H2,1-2H3;2-5,7H,6,11H2,1H3. The molecule has 0 aromatic heterocycles. The van der Waals surface area contributed by atoms with Crippen LogP contribution in [-0.4, -0.2) is 13.1 Å². The minimum absolute atomic E-state index is 0.436. The normalized spacial score (nSPS) is 17.1. The molecule has 1 heterocycles. The van der Waals surface area contributed by atoms with Crippen LogP contribution in [0.3, 0.4) is 0 Å². The summed E-state index contributed by atoms with van der Waals surface area (Å²) in [6.07, 6.45) is 0. The number of hydrogen-bond donors (Lipinski definition) is 1. The Morgan fingerprint density at radius 3 is 2.24 bits per heavy atom. The van der Waals surface area contributed by atoms with Gasteiger partial charge in [-0.05, 0) is 48.2 Å². The predicted octanol–water partition coefficient (Wildman–Crippen LogP) is 6.88. The number of halogens is 1. The number of fused-ring (bicyclic) bond motifs is 1. The summed E-state index contributed by atoms with van der Waals surface area (Å²) in [6, 6.07) is 28.2. The Hall–Kier alpha value is -2.10. The second kappa shape index (κ2) is 10.1. The van der Waals surface area contributed by atoms with E-state index in [0.29, 0.717) is 24.4 Å². The minimum Gasteiger partial charge on any atom is -0.364 e. The monoisotopic (exact) mass is 450 g/mol. The first-order valence-corrected chi connectivity index (χ1v) is 11.2. The van der Waals surface area contributed by atoms with E-state index >= 15 is 0 Å². The van der Waals surface area contributed by atoms with Gasteiger partial charge in [0.15, 0.2) is 0 Å². The third kappa shape index (κ3) is 5.09. The third-order valence-corrected chi connectivity index (χ3v) is 6.51. The fraction of sp³-hybridized carbons (Fsp3) is 0.308. The molecule has 2 nitrogen and oxygen atoms in total. The summed E-state index contributed by atoms with van der Waals surface area (Å²) in [5.74, 6) is 1.07. The summed E-state index contributed by atoms with van der Waals surface area (Å²) in [7, 11) is 0. The topological polar surface area (TPSA) is 29.3 Å². The van der Waals surface area contributed by atoms with Crippen LogP contribution in [0.4, 0.5) is 5.69 Å². The highest BCUT2D eigenvalue weighted by Crippen LogP contribution is 2.40. The molecule has 1 aliphatic heterocycles. The lowest BCUT2D eigenvalue weighted by atomic mass is 10.0. The van der Waals surface area contributed by atoms with E-state index in [9.17, 15) is 0 Å². The van der Waals surface area contributed by atoms with Gasteiger partial charge < -0.3 is 10.6 Å². The minimum atomic E-state index is 0.436. The highest BCUT2D eigenvalue weighted by Gasteiger charge is 2.28. The number of anilines is 1. The van der Waals surface area contributed by atoms with Gasteiger partial charge in [0.1, 0.15) is 0 Å². The summed E-state index contributed by atoms with van der Waals surface area (Å²) in [6.45, 7) is 8.55. The van der Waals surface area contributed by atoms with Crippen molar-refractivity contribution in [3.8, 4) is 0 Å². The molecule has 152 valence electrons. The summed E-state index contributed by atoms with van der Waals surface area (Å²) in [5.41, 5.74) is 11.1. The molecule has 0 saturated heterocycles. The Labute approximate surface area is 183 Å². The molecular formula is C26H31BrN2. The first kappa shape index (κ1) is 21.6.